The van der Waals surface area contributed by atoms with Crippen LogP contribution in [0.25, 0.3) is 0 Å². The first kappa shape index (κ1) is 8.69. The third-order valence-electron chi connectivity index (χ3n) is 2.43. The molecule has 0 spiro atoms. The second-order valence-corrected chi connectivity index (χ2v) is 3.59. The van der Waals surface area contributed by atoms with Crippen LogP contribution in [0.4, 0.5) is 4.39 Å². The molecule has 1 fully saturated rings. The number of nitrogens with one attached hydrogen (secondary N) is 1. The minimum absolute atomic E-state index is 0.135. The summed E-state index contributed by atoms with van der Waals surface area (Å²) in [7, 11) is 0. The van der Waals surface area contributed by atoms with Crippen molar-refractivity contribution in [2.45, 2.75) is 19.4 Å². The van der Waals surface area contributed by atoms with Gasteiger partial charge in [0.1, 0.15) is 0 Å². The number of hydrogen-bond donors (Lipinski definition) is 1. The molecule has 13 heavy (non-hydrogen) atoms. The molecule has 1 aliphatic rings. The topological polar surface area (TPSA) is 38.1 Å². The molecule has 1 saturated heterocycles. The molecule has 4 heteroatoms. The van der Waals surface area contributed by atoms with Crippen molar-refractivity contribution in [2.75, 3.05) is 13.2 Å². The highest BCUT2D eigenvalue weighted by molar-refractivity contribution is 5.09. The molecular weight excluding hydrogens is 171 g/mol. The van der Waals surface area contributed by atoms with Gasteiger partial charge in [0.25, 0.3) is 0 Å². The molecule has 3 nitrogen and oxygen atoms in total. The average molecular weight is 184 g/mol. The number of rotatable bonds is 2. The Kier molecular flexibility index (Phi) is 2.31. The van der Waals surface area contributed by atoms with Gasteiger partial charge in [-0.15, -0.1) is 0 Å². The van der Waals surface area contributed by atoms with E-state index in [1.807, 2.05) is 13.0 Å². The van der Waals surface area contributed by atoms with E-state index in [0.29, 0.717) is 0 Å². The zero-order chi connectivity index (χ0) is 9.26. The minimum Gasteiger partial charge on any atom is -0.359 e. The van der Waals surface area contributed by atoms with Gasteiger partial charge in [0.05, 0.1) is 18.4 Å². The van der Waals surface area contributed by atoms with Gasteiger partial charge in [-0.3, -0.25) is 4.39 Å². The monoisotopic (exact) mass is 184 g/mol. The molecule has 0 aromatic carbocycles. The lowest BCUT2D eigenvalue weighted by Gasteiger charge is -2.03. The van der Waals surface area contributed by atoms with E-state index >= 15 is 0 Å². The van der Waals surface area contributed by atoms with Crippen molar-refractivity contribution in [3.8, 4) is 0 Å². The average Bonchev–Trinajstić information content (AvgIpc) is 2.71. The van der Waals surface area contributed by atoms with Gasteiger partial charge in [-0.1, -0.05) is 5.16 Å². The number of alkyl halides is 1. The molecule has 1 aromatic heterocycles. The van der Waals surface area contributed by atoms with E-state index < -0.39 is 0 Å². The lowest BCUT2D eigenvalue weighted by molar-refractivity contribution is 0.337. The normalized spacial score (nSPS) is 28.2. The molecule has 0 saturated carbocycles. The Morgan fingerprint density at radius 1 is 1.77 bits per heavy atom. The Balaban J connectivity index is 2.03. The summed E-state index contributed by atoms with van der Waals surface area (Å²) in [5.41, 5.74) is 0.875. The highest BCUT2D eigenvalue weighted by Gasteiger charge is 2.27. The number of nitrogens with zero attached hydrogens (tertiary/aromatic N) is 1. The predicted molar refractivity (Wildman–Crippen MR) is 46.1 cm³/mol. The Hall–Kier alpha value is -0.900. The zero-order valence-electron chi connectivity index (χ0n) is 7.59. The molecule has 2 rings (SSSR count). The smallest absolute Gasteiger partial charge is 0.153 e. The molecule has 72 valence electrons. The summed E-state index contributed by atoms with van der Waals surface area (Å²) in [6, 6.07) is 2.06. The zero-order valence-corrected chi connectivity index (χ0v) is 7.59. The highest BCUT2D eigenvalue weighted by atomic mass is 19.1. The Bertz CT molecular complexity index is 287. The van der Waals surface area contributed by atoms with E-state index in [9.17, 15) is 4.39 Å². The molecular formula is C9H13FN2O. The van der Waals surface area contributed by atoms with Crippen molar-refractivity contribution >= 4 is 0 Å². The number of aromatic nitrogens is 1. The van der Waals surface area contributed by atoms with Crippen LogP contribution in [-0.4, -0.2) is 18.4 Å². The minimum atomic E-state index is -0.253. The summed E-state index contributed by atoms with van der Waals surface area (Å²) in [5.74, 6) is 0.962. The van der Waals surface area contributed by atoms with Crippen molar-refractivity contribution < 1.29 is 8.91 Å². The summed E-state index contributed by atoms with van der Waals surface area (Å²) in [6.07, 6.45) is 0.811. The SMILES string of the molecule is Cc1cc([C@H]2C[C@@H](CF)CN2)on1. The van der Waals surface area contributed by atoms with E-state index in [2.05, 4.69) is 10.5 Å². The molecule has 1 N–H and O–H groups in total. The van der Waals surface area contributed by atoms with Gasteiger partial charge in [-0.2, -0.15) is 0 Å². The first-order valence-corrected chi connectivity index (χ1v) is 4.52. The van der Waals surface area contributed by atoms with Crippen molar-refractivity contribution in [2.24, 2.45) is 5.92 Å². The van der Waals surface area contributed by atoms with E-state index in [4.69, 9.17) is 4.52 Å². The van der Waals surface area contributed by atoms with Gasteiger partial charge in [0.2, 0.25) is 0 Å². The summed E-state index contributed by atoms with van der Waals surface area (Å²) in [4.78, 5) is 0. The maximum absolute atomic E-state index is 12.3. The standard InChI is InChI=1S/C9H13FN2O/c1-6-2-9(13-12-6)8-3-7(4-10)5-11-8/h2,7-8,11H,3-5H2,1H3/t7-,8+/m0/s1. The number of hydrogen-bond acceptors (Lipinski definition) is 3. The fourth-order valence-electron chi connectivity index (χ4n) is 1.69. The van der Waals surface area contributed by atoms with Crippen LogP contribution >= 0.6 is 0 Å². The van der Waals surface area contributed by atoms with E-state index in [0.717, 1.165) is 24.4 Å². The first-order valence-electron chi connectivity index (χ1n) is 4.52. The third-order valence-corrected chi connectivity index (χ3v) is 2.43. The largest absolute Gasteiger partial charge is 0.359 e. The van der Waals surface area contributed by atoms with Gasteiger partial charge in [0, 0.05) is 18.5 Å². The van der Waals surface area contributed by atoms with Gasteiger partial charge in [-0.25, -0.2) is 0 Å². The van der Waals surface area contributed by atoms with Crippen molar-refractivity contribution in [3.05, 3.63) is 17.5 Å². The van der Waals surface area contributed by atoms with Crippen molar-refractivity contribution in [1.29, 1.82) is 0 Å². The maximum atomic E-state index is 12.3. The van der Waals surface area contributed by atoms with Gasteiger partial charge in [0.15, 0.2) is 5.76 Å². The van der Waals surface area contributed by atoms with Gasteiger partial charge < -0.3 is 9.84 Å². The number of aryl methyl sites for hydroxylation is 1. The molecule has 0 radical (unpaired) electrons. The highest BCUT2D eigenvalue weighted by Crippen LogP contribution is 2.27. The number of halogens is 1. The molecule has 0 unspecified atom stereocenters. The lowest BCUT2D eigenvalue weighted by Crippen LogP contribution is -2.13. The fraction of sp³-hybridized carbons (Fsp3) is 0.667. The second kappa shape index (κ2) is 3.46. The van der Waals surface area contributed by atoms with Gasteiger partial charge in [-0.05, 0) is 13.3 Å². The van der Waals surface area contributed by atoms with Crippen LogP contribution in [0.1, 0.15) is 23.9 Å². The van der Waals surface area contributed by atoms with E-state index in [-0.39, 0.29) is 18.6 Å². The first-order chi connectivity index (χ1) is 6.29. The second-order valence-electron chi connectivity index (χ2n) is 3.59. The summed E-state index contributed by atoms with van der Waals surface area (Å²) in [6.45, 7) is 2.37. The van der Waals surface area contributed by atoms with Crippen molar-refractivity contribution in [1.82, 2.24) is 10.5 Å². The summed E-state index contributed by atoms with van der Waals surface area (Å²) >= 11 is 0. The van der Waals surface area contributed by atoms with Crippen LogP contribution in [0, 0.1) is 12.8 Å². The fourth-order valence-corrected chi connectivity index (χ4v) is 1.69. The Morgan fingerprint density at radius 3 is 3.15 bits per heavy atom. The van der Waals surface area contributed by atoms with E-state index in [1.54, 1.807) is 0 Å². The van der Waals surface area contributed by atoms with Gasteiger partial charge >= 0.3 is 0 Å². The van der Waals surface area contributed by atoms with E-state index in [1.165, 1.54) is 0 Å². The molecule has 1 aromatic rings. The molecule has 1 aliphatic heterocycles. The maximum Gasteiger partial charge on any atom is 0.153 e. The van der Waals surface area contributed by atoms with Crippen LogP contribution in [0.3, 0.4) is 0 Å². The van der Waals surface area contributed by atoms with Crippen molar-refractivity contribution in [3.63, 3.8) is 0 Å². The molecule has 0 amide bonds. The molecule has 0 bridgehead atoms. The molecule has 2 heterocycles. The summed E-state index contributed by atoms with van der Waals surface area (Å²) in [5, 5.41) is 7.02. The quantitative estimate of drug-likeness (QED) is 0.758. The van der Waals surface area contributed by atoms with Crippen LogP contribution in [0.5, 0.6) is 0 Å². The van der Waals surface area contributed by atoms with Crippen LogP contribution < -0.4 is 5.32 Å². The summed E-state index contributed by atoms with van der Waals surface area (Å²) < 4.78 is 17.4. The molecule has 2 atom stereocenters. The van der Waals surface area contributed by atoms with Crippen LogP contribution in [0.15, 0.2) is 10.6 Å². The van der Waals surface area contributed by atoms with Crippen LogP contribution in [0.2, 0.25) is 0 Å². The predicted octanol–water partition coefficient (Wildman–Crippen LogP) is 1.60. The third kappa shape index (κ3) is 1.72. The Morgan fingerprint density at radius 2 is 2.62 bits per heavy atom. The lowest BCUT2D eigenvalue weighted by atomic mass is 10.1. The Labute approximate surface area is 76.3 Å². The molecule has 0 aliphatic carbocycles. The van der Waals surface area contributed by atoms with Crippen LogP contribution in [-0.2, 0) is 0 Å².